The normalized spacial score (nSPS) is 36.7. The van der Waals surface area contributed by atoms with Crippen molar-refractivity contribution in [2.45, 2.75) is 37.9 Å². The van der Waals surface area contributed by atoms with E-state index in [0.29, 0.717) is 0 Å². The van der Waals surface area contributed by atoms with Crippen LogP contribution >= 0.6 is 23.0 Å². The molecule has 0 heterocycles. The molecule has 1 fully saturated rings. The summed E-state index contributed by atoms with van der Waals surface area (Å²) in [6.45, 7) is 0. The van der Waals surface area contributed by atoms with Gasteiger partial charge in [0, 0.05) is 0 Å². The van der Waals surface area contributed by atoms with Crippen molar-refractivity contribution in [3.8, 4) is 0 Å². The lowest BCUT2D eigenvalue weighted by molar-refractivity contribution is 0.0302. The Labute approximate surface area is 69.3 Å². The molecule has 2 unspecified atom stereocenters. The van der Waals surface area contributed by atoms with E-state index in [1.807, 2.05) is 23.0 Å². The van der Waals surface area contributed by atoms with Crippen molar-refractivity contribution < 1.29 is 8.17 Å². The molecule has 0 aromatic carbocycles. The van der Waals surface area contributed by atoms with Crippen molar-refractivity contribution in [3.05, 3.63) is 0 Å². The van der Waals surface area contributed by atoms with Crippen molar-refractivity contribution in [2.75, 3.05) is 0 Å². The van der Waals surface area contributed by atoms with Gasteiger partial charge in [0.15, 0.2) is 0 Å². The SMILES string of the molecule is OC1CCCCC1OI. The van der Waals surface area contributed by atoms with E-state index in [0.717, 1.165) is 19.3 Å². The zero-order valence-electron chi connectivity index (χ0n) is 5.22. The topological polar surface area (TPSA) is 29.5 Å². The van der Waals surface area contributed by atoms with E-state index in [1.165, 1.54) is 6.42 Å². The van der Waals surface area contributed by atoms with Crippen LogP contribution in [0.4, 0.5) is 0 Å². The van der Waals surface area contributed by atoms with E-state index >= 15 is 0 Å². The molecule has 1 aliphatic carbocycles. The van der Waals surface area contributed by atoms with Crippen molar-refractivity contribution in [1.29, 1.82) is 0 Å². The Morgan fingerprint density at radius 3 is 2.44 bits per heavy atom. The highest BCUT2D eigenvalue weighted by atomic mass is 127. The predicted octanol–water partition coefficient (Wildman–Crippen LogP) is 1.66. The average Bonchev–Trinajstić information content (AvgIpc) is 1.89. The molecule has 2 atom stereocenters. The summed E-state index contributed by atoms with van der Waals surface area (Å²) in [6.07, 6.45) is 4.16. The quantitative estimate of drug-likeness (QED) is 0.708. The largest absolute Gasteiger partial charge is 0.390 e. The number of halogens is 1. The van der Waals surface area contributed by atoms with E-state index in [1.54, 1.807) is 0 Å². The highest BCUT2D eigenvalue weighted by Gasteiger charge is 2.22. The summed E-state index contributed by atoms with van der Waals surface area (Å²) in [4.78, 5) is 0. The van der Waals surface area contributed by atoms with Crippen LogP contribution in [0.2, 0.25) is 0 Å². The summed E-state index contributed by atoms with van der Waals surface area (Å²) >= 11 is 1.86. The lowest BCUT2D eigenvalue weighted by atomic mass is 9.95. The van der Waals surface area contributed by atoms with Gasteiger partial charge in [0.1, 0.15) is 23.0 Å². The van der Waals surface area contributed by atoms with Gasteiger partial charge in [-0.05, 0) is 12.8 Å². The molecular formula is C6H11IO2. The molecule has 54 valence electrons. The molecule has 0 aliphatic heterocycles. The Hall–Kier alpha value is 0.650. The molecule has 0 amide bonds. The van der Waals surface area contributed by atoms with Crippen LogP contribution in [0.15, 0.2) is 0 Å². The summed E-state index contributed by atoms with van der Waals surface area (Å²) in [6, 6.07) is 0. The molecule has 1 rings (SSSR count). The molecule has 0 saturated heterocycles. The standard InChI is InChI=1S/C6H11IO2/c7-9-6-4-2-1-3-5(6)8/h5-6,8H,1-4H2. The Morgan fingerprint density at radius 2 is 2.00 bits per heavy atom. The van der Waals surface area contributed by atoms with E-state index in [-0.39, 0.29) is 12.2 Å². The number of hydrogen-bond acceptors (Lipinski definition) is 2. The molecule has 0 aromatic heterocycles. The smallest absolute Gasteiger partial charge is 0.110 e. The van der Waals surface area contributed by atoms with Gasteiger partial charge in [0.25, 0.3) is 0 Å². The third-order valence-electron chi connectivity index (χ3n) is 1.78. The lowest BCUT2D eigenvalue weighted by Crippen LogP contribution is -2.29. The van der Waals surface area contributed by atoms with Gasteiger partial charge < -0.3 is 8.17 Å². The summed E-state index contributed by atoms with van der Waals surface area (Å²) in [7, 11) is 0. The fraction of sp³-hybridized carbons (Fsp3) is 1.00. The first kappa shape index (κ1) is 7.75. The van der Waals surface area contributed by atoms with Gasteiger partial charge in [-0.15, -0.1) is 0 Å². The lowest BCUT2D eigenvalue weighted by Gasteiger charge is -2.24. The molecule has 9 heavy (non-hydrogen) atoms. The maximum atomic E-state index is 9.24. The molecule has 0 bridgehead atoms. The molecule has 1 saturated carbocycles. The van der Waals surface area contributed by atoms with Crippen LogP contribution in [0.3, 0.4) is 0 Å². The Morgan fingerprint density at radius 1 is 1.33 bits per heavy atom. The highest BCUT2D eigenvalue weighted by Crippen LogP contribution is 2.22. The Bertz CT molecular complexity index is 87.1. The molecule has 2 nitrogen and oxygen atoms in total. The van der Waals surface area contributed by atoms with Gasteiger partial charge in [-0.3, -0.25) is 0 Å². The van der Waals surface area contributed by atoms with Crippen LogP contribution in [-0.4, -0.2) is 17.3 Å². The van der Waals surface area contributed by atoms with Gasteiger partial charge in [0.05, 0.1) is 12.2 Å². The summed E-state index contributed by atoms with van der Waals surface area (Å²) in [5, 5.41) is 9.24. The predicted molar refractivity (Wildman–Crippen MR) is 43.4 cm³/mol. The van der Waals surface area contributed by atoms with Crippen LogP contribution in [-0.2, 0) is 3.07 Å². The first-order chi connectivity index (χ1) is 4.34. The average molecular weight is 242 g/mol. The van der Waals surface area contributed by atoms with E-state index in [9.17, 15) is 5.11 Å². The minimum Gasteiger partial charge on any atom is -0.390 e. The van der Waals surface area contributed by atoms with Crippen molar-refractivity contribution >= 4 is 23.0 Å². The third-order valence-corrected chi connectivity index (χ3v) is 2.44. The monoisotopic (exact) mass is 242 g/mol. The molecule has 1 N–H and O–H groups in total. The minimum atomic E-state index is -0.212. The van der Waals surface area contributed by atoms with Crippen LogP contribution < -0.4 is 0 Å². The Balaban J connectivity index is 2.30. The second-order valence-electron chi connectivity index (χ2n) is 2.48. The number of rotatable bonds is 1. The van der Waals surface area contributed by atoms with Gasteiger partial charge in [-0.25, -0.2) is 0 Å². The third kappa shape index (κ3) is 2.05. The fourth-order valence-corrected chi connectivity index (χ4v) is 1.77. The molecule has 1 aliphatic rings. The zero-order chi connectivity index (χ0) is 6.69. The van der Waals surface area contributed by atoms with E-state index in [2.05, 4.69) is 0 Å². The van der Waals surface area contributed by atoms with Gasteiger partial charge in [0.2, 0.25) is 0 Å². The van der Waals surface area contributed by atoms with Crippen molar-refractivity contribution in [2.24, 2.45) is 0 Å². The van der Waals surface area contributed by atoms with Crippen molar-refractivity contribution in [3.63, 3.8) is 0 Å². The van der Waals surface area contributed by atoms with Gasteiger partial charge in [-0.2, -0.15) is 0 Å². The Kier molecular flexibility index (Phi) is 3.21. The van der Waals surface area contributed by atoms with Crippen LogP contribution in [0.5, 0.6) is 0 Å². The summed E-state index contributed by atoms with van der Waals surface area (Å²) < 4.78 is 5.02. The minimum absolute atomic E-state index is 0.0966. The maximum absolute atomic E-state index is 9.24. The highest BCUT2D eigenvalue weighted by molar-refractivity contribution is 14.1. The van der Waals surface area contributed by atoms with Crippen LogP contribution in [0, 0.1) is 0 Å². The van der Waals surface area contributed by atoms with Crippen molar-refractivity contribution in [1.82, 2.24) is 0 Å². The molecular weight excluding hydrogens is 231 g/mol. The van der Waals surface area contributed by atoms with Crippen LogP contribution in [0.25, 0.3) is 0 Å². The summed E-state index contributed by atoms with van der Waals surface area (Å²) in [5.74, 6) is 0. The first-order valence-corrected chi connectivity index (χ1v) is 4.18. The van der Waals surface area contributed by atoms with E-state index < -0.39 is 0 Å². The second-order valence-corrected chi connectivity index (χ2v) is 2.99. The zero-order valence-corrected chi connectivity index (χ0v) is 7.37. The number of aliphatic hydroxyl groups is 1. The summed E-state index contributed by atoms with van der Waals surface area (Å²) in [5.41, 5.74) is 0. The molecule has 0 spiro atoms. The second kappa shape index (κ2) is 3.73. The number of aliphatic hydroxyl groups excluding tert-OH is 1. The van der Waals surface area contributed by atoms with Gasteiger partial charge >= 0.3 is 0 Å². The first-order valence-electron chi connectivity index (χ1n) is 3.30. The van der Waals surface area contributed by atoms with Gasteiger partial charge in [-0.1, -0.05) is 12.8 Å². The fourth-order valence-electron chi connectivity index (χ4n) is 1.18. The maximum Gasteiger partial charge on any atom is 0.110 e. The molecule has 3 heteroatoms. The molecule has 0 aromatic rings. The molecule has 0 radical (unpaired) electrons. The number of hydrogen-bond donors (Lipinski definition) is 1. The van der Waals surface area contributed by atoms with Crippen LogP contribution in [0.1, 0.15) is 25.7 Å². The van der Waals surface area contributed by atoms with E-state index in [4.69, 9.17) is 3.07 Å².